The number of hydrogen-bond donors (Lipinski definition) is 1. The maximum absolute atomic E-state index is 12.0. The minimum atomic E-state index is -0.259. The summed E-state index contributed by atoms with van der Waals surface area (Å²) in [5.41, 5.74) is 1.03. The van der Waals surface area contributed by atoms with Gasteiger partial charge in [-0.25, -0.2) is 0 Å². The molecule has 2 rings (SSSR count). The number of hydrogen-bond acceptors (Lipinski definition) is 2. The molecular weight excluding hydrogens is 305 g/mol. The molecule has 6 heteroatoms. The number of amides is 1. The second-order valence-corrected chi connectivity index (χ2v) is 4.66. The number of halogens is 2. The molecule has 0 aliphatic carbocycles. The molecule has 0 aliphatic rings. The summed E-state index contributed by atoms with van der Waals surface area (Å²) < 4.78 is 2.14. The van der Waals surface area contributed by atoms with Gasteiger partial charge in [0.15, 0.2) is 0 Å². The van der Waals surface area contributed by atoms with Crippen molar-refractivity contribution in [2.75, 3.05) is 5.32 Å². The minimum Gasteiger partial charge on any atom is -0.319 e. The van der Waals surface area contributed by atoms with Crippen LogP contribution in [0.25, 0.3) is 0 Å². The number of benzene rings is 1. The van der Waals surface area contributed by atoms with E-state index in [1.165, 1.54) is 4.68 Å². The van der Waals surface area contributed by atoms with E-state index in [0.29, 0.717) is 20.9 Å². The normalized spacial score (nSPS) is 10.3. The zero-order chi connectivity index (χ0) is 12.4. The van der Waals surface area contributed by atoms with E-state index in [-0.39, 0.29) is 5.91 Å². The van der Waals surface area contributed by atoms with Crippen LogP contribution in [-0.2, 0) is 7.05 Å². The van der Waals surface area contributed by atoms with E-state index in [1.54, 1.807) is 37.5 Å². The number of aromatic nitrogens is 2. The number of para-hydroxylation sites is 1. The van der Waals surface area contributed by atoms with E-state index in [9.17, 15) is 4.79 Å². The first kappa shape index (κ1) is 12.1. The Labute approximate surface area is 112 Å². The first-order chi connectivity index (χ1) is 8.09. The van der Waals surface area contributed by atoms with Crippen molar-refractivity contribution < 1.29 is 4.79 Å². The van der Waals surface area contributed by atoms with Gasteiger partial charge in [-0.15, -0.1) is 0 Å². The highest BCUT2D eigenvalue weighted by Gasteiger charge is 2.15. The van der Waals surface area contributed by atoms with Crippen LogP contribution in [0.15, 0.2) is 34.9 Å². The van der Waals surface area contributed by atoms with Crippen LogP contribution in [0, 0.1) is 0 Å². The minimum absolute atomic E-state index is 0.259. The van der Waals surface area contributed by atoms with Crippen molar-refractivity contribution in [3.8, 4) is 0 Å². The van der Waals surface area contributed by atoms with Crippen molar-refractivity contribution in [2.45, 2.75) is 0 Å². The maximum Gasteiger partial charge on any atom is 0.275 e. The molecule has 1 heterocycles. The van der Waals surface area contributed by atoms with E-state index in [2.05, 4.69) is 26.3 Å². The fraction of sp³-hybridized carbons (Fsp3) is 0.0909. The monoisotopic (exact) mass is 313 g/mol. The van der Waals surface area contributed by atoms with E-state index in [0.717, 1.165) is 0 Å². The zero-order valence-electron chi connectivity index (χ0n) is 8.95. The number of nitrogens with zero attached hydrogens (tertiary/aromatic N) is 2. The average Bonchev–Trinajstić information content (AvgIpc) is 2.62. The van der Waals surface area contributed by atoms with Gasteiger partial charge in [-0.05, 0) is 28.1 Å². The summed E-state index contributed by atoms with van der Waals surface area (Å²) in [6, 6.07) is 7.07. The van der Waals surface area contributed by atoms with Gasteiger partial charge in [-0.1, -0.05) is 23.7 Å². The standard InChI is InChI=1S/C11H9BrClN3O/c1-16-10(7(12)6-14-16)11(17)15-9-5-3-2-4-8(9)13/h2-6H,1H3,(H,15,17). The van der Waals surface area contributed by atoms with Gasteiger partial charge in [0.05, 0.1) is 21.4 Å². The smallest absolute Gasteiger partial charge is 0.275 e. The summed E-state index contributed by atoms with van der Waals surface area (Å²) in [5, 5.41) is 7.21. The Hall–Kier alpha value is -1.33. The topological polar surface area (TPSA) is 46.9 Å². The molecule has 0 saturated carbocycles. The molecule has 17 heavy (non-hydrogen) atoms. The third kappa shape index (κ3) is 2.50. The molecule has 1 N–H and O–H groups in total. The third-order valence-electron chi connectivity index (χ3n) is 2.23. The largest absolute Gasteiger partial charge is 0.319 e. The molecule has 0 radical (unpaired) electrons. The molecule has 0 saturated heterocycles. The Morgan fingerprint density at radius 3 is 2.76 bits per heavy atom. The first-order valence-electron chi connectivity index (χ1n) is 4.83. The summed E-state index contributed by atoms with van der Waals surface area (Å²) in [6.45, 7) is 0. The van der Waals surface area contributed by atoms with Crippen molar-refractivity contribution in [3.63, 3.8) is 0 Å². The molecule has 0 unspecified atom stereocenters. The van der Waals surface area contributed by atoms with E-state index in [1.807, 2.05) is 0 Å². The number of nitrogens with one attached hydrogen (secondary N) is 1. The molecule has 0 bridgehead atoms. The lowest BCUT2D eigenvalue weighted by Gasteiger charge is -2.07. The molecule has 1 amide bonds. The molecule has 1 aromatic heterocycles. The second kappa shape index (κ2) is 4.89. The molecular formula is C11H9BrClN3O. The van der Waals surface area contributed by atoms with Crippen LogP contribution >= 0.6 is 27.5 Å². The predicted molar refractivity (Wildman–Crippen MR) is 70.3 cm³/mol. The number of carbonyl (C=O) groups is 1. The van der Waals surface area contributed by atoms with Gasteiger partial charge >= 0.3 is 0 Å². The Bertz CT molecular complexity index is 548. The van der Waals surface area contributed by atoms with E-state index < -0.39 is 0 Å². The average molecular weight is 315 g/mol. The summed E-state index contributed by atoms with van der Waals surface area (Å²) >= 11 is 9.23. The maximum atomic E-state index is 12.0. The van der Waals surface area contributed by atoms with Gasteiger partial charge in [0.25, 0.3) is 5.91 Å². The van der Waals surface area contributed by atoms with Crippen LogP contribution in [0.2, 0.25) is 5.02 Å². The van der Waals surface area contributed by atoms with Gasteiger partial charge in [-0.2, -0.15) is 5.10 Å². The lowest BCUT2D eigenvalue weighted by atomic mass is 10.3. The lowest BCUT2D eigenvalue weighted by molar-refractivity contribution is 0.101. The first-order valence-corrected chi connectivity index (χ1v) is 6.00. The molecule has 4 nitrogen and oxygen atoms in total. The van der Waals surface area contributed by atoms with Gasteiger partial charge < -0.3 is 5.32 Å². The Morgan fingerprint density at radius 1 is 1.47 bits per heavy atom. The number of rotatable bonds is 2. The molecule has 88 valence electrons. The van der Waals surface area contributed by atoms with E-state index >= 15 is 0 Å². The van der Waals surface area contributed by atoms with Crippen LogP contribution in [-0.4, -0.2) is 15.7 Å². The molecule has 1 aromatic carbocycles. The predicted octanol–water partition coefficient (Wildman–Crippen LogP) is 3.09. The van der Waals surface area contributed by atoms with Crippen molar-refractivity contribution in [2.24, 2.45) is 7.05 Å². The summed E-state index contributed by atoms with van der Waals surface area (Å²) in [7, 11) is 1.70. The Kier molecular flexibility index (Phi) is 3.49. The summed E-state index contributed by atoms with van der Waals surface area (Å²) in [6.07, 6.45) is 1.57. The molecule has 0 fully saturated rings. The highest BCUT2D eigenvalue weighted by Crippen LogP contribution is 2.22. The van der Waals surface area contributed by atoms with Crippen LogP contribution in [0.3, 0.4) is 0 Å². The third-order valence-corrected chi connectivity index (χ3v) is 3.14. The fourth-order valence-corrected chi connectivity index (χ4v) is 2.12. The van der Waals surface area contributed by atoms with Gasteiger partial charge in [0, 0.05) is 7.05 Å². The van der Waals surface area contributed by atoms with Gasteiger partial charge in [0.2, 0.25) is 0 Å². The molecule has 0 spiro atoms. The SMILES string of the molecule is Cn1ncc(Br)c1C(=O)Nc1ccccc1Cl. The quantitative estimate of drug-likeness (QED) is 0.926. The highest BCUT2D eigenvalue weighted by molar-refractivity contribution is 9.10. The molecule has 0 atom stereocenters. The number of aryl methyl sites for hydroxylation is 1. The Morgan fingerprint density at radius 2 is 2.18 bits per heavy atom. The summed E-state index contributed by atoms with van der Waals surface area (Å²) in [4.78, 5) is 12.0. The van der Waals surface area contributed by atoms with Crippen LogP contribution in [0.5, 0.6) is 0 Å². The van der Waals surface area contributed by atoms with Crippen LogP contribution < -0.4 is 5.32 Å². The summed E-state index contributed by atoms with van der Waals surface area (Å²) in [5.74, 6) is -0.259. The van der Waals surface area contributed by atoms with Crippen LogP contribution in [0.4, 0.5) is 5.69 Å². The van der Waals surface area contributed by atoms with Crippen molar-refractivity contribution >= 4 is 39.1 Å². The zero-order valence-corrected chi connectivity index (χ0v) is 11.3. The molecule has 2 aromatic rings. The van der Waals surface area contributed by atoms with Gasteiger partial charge in [-0.3, -0.25) is 9.48 Å². The lowest BCUT2D eigenvalue weighted by Crippen LogP contribution is -2.16. The van der Waals surface area contributed by atoms with Gasteiger partial charge in [0.1, 0.15) is 5.69 Å². The number of anilines is 1. The molecule has 0 aliphatic heterocycles. The second-order valence-electron chi connectivity index (χ2n) is 3.40. The van der Waals surface area contributed by atoms with Crippen molar-refractivity contribution in [3.05, 3.63) is 45.7 Å². The highest BCUT2D eigenvalue weighted by atomic mass is 79.9. The van der Waals surface area contributed by atoms with Crippen molar-refractivity contribution in [1.29, 1.82) is 0 Å². The number of carbonyl (C=O) groups excluding carboxylic acids is 1. The van der Waals surface area contributed by atoms with E-state index in [4.69, 9.17) is 11.6 Å². The fourth-order valence-electron chi connectivity index (χ4n) is 1.41. The van der Waals surface area contributed by atoms with Crippen molar-refractivity contribution in [1.82, 2.24) is 9.78 Å². The van der Waals surface area contributed by atoms with Crippen LogP contribution in [0.1, 0.15) is 10.5 Å². The Balaban J connectivity index is 2.27.